The number of aromatic amines is 1. The van der Waals surface area contributed by atoms with Gasteiger partial charge in [0.1, 0.15) is 6.04 Å². The van der Waals surface area contributed by atoms with E-state index in [0.29, 0.717) is 11.4 Å². The first kappa shape index (κ1) is 24.6. The van der Waals surface area contributed by atoms with Crippen LogP contribution in [0.15, 0.2) is 35.3 Å². The highest BCUT2D eigenvalue weighted by molar-refractivity contribution is 5.97. The van der Waals surface area contributed by atoms with Crippen LogP contribution in [0.2, 0.25) is 0 Å². The lowest BCUT2D eigenvalue weighted by Gasteiger charge is -2.18. The molecular weight excluding hydrogens is 458 g/mol. The molecule has 3 rings (SSSR count). The van der Waals surface area contributed by atoms with Crippen molar-refractivity contribution in [3.63, 3.8) is 0 Å². The molecule has 0 fully saturated rings. The van der Waals surface area contributed by atoms with Gasteiger partial charge < -0.3 is 26.6 Å². The minimum atomic E-state index is -1.42. The number of fused-ring (bicyclic) bond motifs is 1. The Labute approximate surface area is 197 Å². The maximum atomic E-state index is 12.5. The molecule has 13 nitrogen and oxygen atoms in total. The normalized spacial score (nSPS) is 12.3. The SMILES string of the molecule is C#CCC(CC(NC(=O)c1ccc(NCc2cnc3nc(N)[nH]c(=O)c3n2)cc1)C(=O)O)C(=O)O. The minimum absolute atomic E-state index is 0.0471. The summed E-state index contributed by atoms with van der Waals surface area (Å²) < 4.78 is 0. The van der Waals surface area contributed by atoms with Crippen LogP contribution in [0.3, 0.4) is 0 Å². The number of rotatable bonds is 10. The molecule has 0 saturated carbocycles. The number of nitrogens with two attached hydrogens (primary N) is 1. The van der Waals surface area contributed by atoms with Crippen molar-refractivity contribution in [1.82, 2.24) is 25.3 Å². The third-order valence-electron chi connectivity index (χ3n) is 4.94. The maximum absolute atomic E-state index is 12.5. The lowest BCUT2D eigenvalue weighted by molar-refractivity contribution is -0.143. The van der Waals surface area contributed by atoms with Crippen LogP contribution in [0.1, 0.15) is 28.9 Å². The average Bonchev–Trinajstić information content (AvgIpc) is 2.82. The second-order valence-electron chi connectivity index (χ2n) is 7.46. The quantitative estimate of drug-likeness (QED) is 0.216. The van der Waals surface area contributed by atoms with Gasteiger partial charge in [0.25, 0.3) is 11.5 Å². The summed E-state index contributed by atoms with van der Waals surface area (Å²) in [5, 5.41) is 23.9. The highest BCUT2D eigenvalue weighted by Gasteiger charge is 2.28. The molecule has 1 amide bonds. The molecule has 3 aromatic rings. The standard InChI is InChI=1S/C22H21N7O6/c1-2-3-12(20(32)33)8-15(21(34)35)27-18(30)11-4-6-13(7-5-11)24-9-14-10-25-17-16(26-14)19(31)29-22(23)28-17/h1,4-7,10,12,15,24H,3,8-9H2,(H,27,30)(H,32,33)(H,34,35)(H3,23,25,28,29,31). The number of benzene rings is 1. The Bertz CT molecular complexity index is 1360. The molecule has 0 bridgehead atoms. The number of carboxylic acid groups (broad SMARTS) is 2. The Morgan fingerprint density at radius 2 is 1.86 bits per heavy atom. The molecule has 0 aliphatic heterocycles. The molecule has 0 radical (unpaired) electrons. The zero-order valence-electron chi connectivity index (χ0n) is 18.2. The van der Waals surface area contributed by atoms with Gasteiger partial charge in [-0.1, -0.05) is 0 Å². The monoisotopic (exact) mass is 479 g/mol. The Morgan fingerprint density at radius 3 is 2.49 bits per heavy atom. The van der Waals surface area contributed by atoms with Gasteiger partial charge in [-0.2, -0.15) is 4.98 Å². The number of carbonyl (C=O) groups excluding carboxylic acids is 1. The van der Waals surface area contributed by atoms with Gasteiger partial charge in [0.05, 0.1) is 24.4 Å². The van der Waals surface area contributed by atoms with Crippen LogP contribution in [-0.4, -0.2) is 54.0 Å². The van der Waals surface area contributed by atoms with E-state index < -0.39 is 35.4 Å². The summed E-state index contributed by atoms with van der Waals surface area (Å²) in [5.74, 6) is -2.25. The van der Waals surface area contributed by atoms with Gasteiger partial charge in [-0.05, 0) is 30.7 Å². The van der Waals surface area contributed by atoms with Gasteiger partial charge in [0.2, 0.25) is 5.95 Å². The number of terminal acetylenes is 1. The molecule has 0 spiro atoms. The summed E-state index contributed by atoms with van der Waals surface area (Å²) in [4.78, 5) is 61.8. The predicted octanol–water partition coefficient (Wildman–Crippen LogP) is 0.205. The number of carbonyl (C=O) groups is 3. The molecule has 180 valence electrons. The molecule has 35 heavy (non-hydrogen) atoms. The first-order chi connectivity index (χ1) is 16.7. The average molecular weight is 479 g/mol. The van der Waals surface area contributed by atoms with Crippen molar-refractivity contribution in [3.8, 4) is 12.3 Å². The van der Waals surface area contributed by atoms with Crippen LogP contribution in [-0.2, 0) is 16.1 Å². The molecule has 7 N–H and O–H groups in total. The van der Waals surface area contributed by atoms with E-state index in [2.05, 4.69) is 36.5 Å². The Balaban J connectivity index is 1.63. The number of amides is 1. The van der Waals surface area contributed by atoms with Crippen molar-refractivity contribution in [3.05, 3.63) is 52.1 Å². The number of carboxylic acids is 2. The van der Waals surface area contributed by atoms with Crippen molar-refractivity contribution in [2.75, 3.05) is 11.1 Å². The predicted molar refractivity (Wildman–Crippen MR) is 124 cm³/mol. The van der Waals surface area contributed by atoms with Crippen molar-refractivity contribution in [2.24, 2.45) is 5.92 Å². The van der Waals surface area contributed by atoms with Gasteiger partial charge in [0, 0.05) is 17.7 Å². The van der Waals surface area contributed by atoms with Crippen LogP contribution in [0.4, 0.5) is 11.6 Å². The van der Waals surface area contributed by atoms with E-state index in [-0.39, 0.29) is 42.1 Å². The Hall–Kier alpha value is -4.99. The maximum Gasteiger partial charge on any atom is 0.326 e. The third-order valence-corrected chi connectivity index (χ3v) is 4.94. The van der Waals surface area contributed by atoms with Gasteiger partial charge >= 0.3 is 11.9 Å². The zero-order chi connectivity index (χ0) is 25.5. The summed E-state index contributed by atoms with van der Waals surface area (Å²) in [6, 6.07) is 4.69. The number of nitrogen functional groups attached to an aromatic ring is 1. The summed E-state index contributed by atoms with van der Waals surface area (Å²) >= 11 is 0. The van der Waals surface area contributed by atoms with Crippen LogP contribution >= 0.6 is 0 Å². The fraction of sp³-hybridized carbons (Fsp3) is 0.227. The molecule has 2 heterocycles. The lowest BCUT2D eigenvalue weighted by Crippen LogP contribution is -2.43. The number of hydrogen-bond donors (Lipinski definition) is 6. The van der Waals surface area contributed by atoms with E-state index in [1.54, 1.807) is 12.1 Å². The number of aromatic nitrogens is 4. The van der Waals surface area contributed by atoms with Crippen molar-refractivity contribution in [2.45, 2.75) is 25.4 Å². The number of aliphatic carboxylic acids is 2. The number of nitrogens with zero attached hydrogens (tertiary/aromatic N) is 3. The van der Waals surface area contributed by atoms with Crippen molar-refractivity contribution in [1.29, 1.82) is 0 Å². The van der Waals surface area contributed by atoms with Crippen molar-refractivity contribution < 1.29 is 24.6 Å². The summed E-state index contributed by atoms with van der Waals surface area (Å²) in [5.41, 5.74) is 6.39. The van der Waals surface area contributed by atoms with Gasteiger partial charge in [-0.3, -0.25) is 19.4 Å². The molecule has 13 heteroatoms. The van der Waals surface area contributed by atoms with E-state index >= 15 is 0 Å². The molecule has 1 aromatic carbocycles. The largest absolute Gasteiger partial charge is 0.481 e. The van der Waals surface area contributed by atoms with E-state index in [0.717, 1.165) is 0 Å². The minimum Gasteiger partial charge on any atom is -0.481 e. The van der Waals surface area contributed by atoms with E-state index in [9.17, 15) is 29.4 Å². The number of nitrogens with one attached hydrogen (secondary N) is 3. The van der Waals surface area contributed by atoms with E-state index in [4.69, 9.17) is 12.2 Å². The van der Waals surface area contributed by atoms with Crippen LogP contribution in [0, 0.1) is 18.3 Å². The number of hydrogen-bond acceptors (Lipinski definition) is 9. The summed E-state index contributed by atoms with van der Waals surface area (Å²) in [6.45, 7) is 0.213. The smallest absolute Gasteiger partial charge is 0.326 e. The third kappa shape index (κ3) is 6.29. The zero-order valence-corrected chi connectivity index (χ0v) is 18.2. The topological polar surface area (TPSA) is 213 Å². The van der Waals surface area contributed by atoms with E-state index in [1.807, 2.05) is 0 Å². The molecular formula is C22H21N7O6. The Morgan fingerprint density at radius 1 is 1.14 bits per heavy atom. The summed E-state index contributed by atoms with van der Waals surface area (Å²) in [7, 11) is 0. The highest BCUT2D eigenvalue weighted by atomic mass is 16.4. The summed E-state index contributed by atoms with van der Waals surface area (Å²) in [6.07, 6.45) is 6.08. The molecule has 0 aliphatic carbocycles. The van der Waals surface area contributed by atoms with Gasteiger partial charge in [0.15, 0.2) is 11.2 Å². The van der Waals surface area contributed by atoms with Crippen LogP contribution in [0.25, 0.3) is 11.2 Å². The fourth-order valence-electron chi connectivity index (χ4n) is 3.15. The second kappa shape index (κ2) is 10.8. The highest BCUT2D eigenvalue weighted by Crippen LogP contribution is 2.15. The first-order valence-corrected chi connectivity index (χ1v) is 10.2. The van der Waals surface area contributed by atoms with Gasteiger partial charge in [-0.15, -0.1) is 12.3 Å². The Kier molecular flexibility index (Phi) is 7.57. The van der Waals surface area contributed by atoms with Crippen molar-refractivity contribution >= 4 is 40.6 Å². The number of H-pyrrole nitrogens is 1. The first-order valence-electron chi connectivity index (χ1n) is 10.2. The second-order valence-corrected chi connectivity index (χ2v) is 7.46. The van der Waals surface area contributed by atoms with Gasteiger partial charge in [-0.25, -0.2) is 14.8 Å². The molecule has 0 aliphatic rings. The van der Waals surface area contributed by atoms with Crippen LogP contribution in [0.5, 0.6) is 0 Å². The fourth-order valence-corrected chi connectivity index (χ4v) is 3.15. The molecule has 2 atom stereocenters. The molecule has 2 aromatic heterocycles. The van der Waals surface area contributed by atoms with E-state index in [1.165, 1.54) is 18.3 Å². The molecule has 2 unspecified atom stereocenters. The lowest BCUT2D eigenvalue weighted by atomic mass is 9.96. The number of anilines is 2. The van der Waals surface area contributed by atoms with Crippen LogP contribution < -0.4 is 21.9 Å². The molecule has 0 saturated heterocycles.